The average Bonchev–Trinajstić information content (AvgIpc) is 3.77. The van der Waals surface area contributed by atoms with Crippen LogP contribution in [0.15, 0.2) is 218 Å². The molecule has 0 N–H and O–H groups in total. The van der Waals surface area contributed by atoms with Gasteiger partial charge in [-0.3, -0.25) is 0 Å². The largest absolute Gasteiger partial charge is 0.207 e. The maximum absolute atomic E-state index is 17.5. The summed E-state index contributed by atoms with van der Waals surface area (Å²) in [5.41, 5.74) is 9.31. The highest BCUT2D eigenvalue weighted by Gasteiger charge is 2.54. The molecule has 2 unspecified atom stereocenters. The summed E-state index contributed by atoms with van der Waals surface area (Å²) in [4.78, 5) is 0. The van der Waals surface area contributed by atoms with Gasteiger partial charge in [-0.05, 0) is 103 Å². The molecule has 0 aliphatic carbocycles. The molecule has 0 bridgehead atoms. The number of hydrogen-bond acceptors (Lipinski definition) is 0. The third-order valence-corrected chi connectivity index (χ3v) is 20.6. The summed E-state index contributed by atoms with van der Waals surface area (Å²) in [6, 6.07) is 68.4. The van der Waals surface area contributed by atoms with Gasteiger partial charge in [0.1, 0.15) is 23.3 Å². The molecule has 0 aromatic heterocycles. The lowest BCUT2D eigenvalue weighted by molar-refractivity contribution is 0.515. The van der Waals surface area contributed by atoms with Gasteiger partial charge in [0.2, 0.25) is 0 Å². The van der Waals surface area contributed by atoms with Crippen LogP contribution in [0.4, 0.5) is 17.6 Å². The monoisotopic (exact) mass is 898 g/mol. The first-order valence-corrected chi connectivity index (χ1v) is 26.4. The van der Waals surface area contributed by atoms with E-state index in [2.05, 4.69) is 61.6 Å². The first kappa shape index (κ1) is 43.0. The zero-order chi connectivity index (χ0) is 45.4. The van der Waals surface area contributed by atoms with E-state index >= 15 is 17.6 Å². The molecular weight excluding hydrogens is 853 g/mol. The third kappa shape index (κ3) is 7.02. The van der Waals surface area contributed by atoms with E-state index in [1.165, 1.54) is 24.3 Å². The van der Waals surface area contributed by atoms with Gasteiger partial charge in [0.05, 0.1) is 0 Å². The van der Waals surface area contributed by atoms with Gasteiger partial charge in [0, 0.05) is 38.0 Å². The summed E-state index contributed by atoms with van der Waals surface area (Å²) in [6.07, 6.45) is 0.715. The molecule has 0 radical (unpaired) electrons. The SMILES string of the molecule is C[Si]1=C(c2ccccc2F)C(c2ccccc2)=C(c2ccccc2)C1(CCC1(c2ccccc2F)C(c2ccccc2)=C(c2ccccc2)C(c2ccccc2F)=[Si]1C)c1ccccc1F. The topological polar surface area (TPSA) is 0 Å². The smallest absolute Gasteiger partial charge is 0.130 e. The van der Waals surface area contributed by atoms with Crippen molar-refractivity contribution in [2.75, 3.05) is 0 Å². The van der Waals surface area contributed by atoms with E-state index in [1.54, 1.807) is 24.3 Å². The number of hydrogen-bond donors (Lipinski definition) is 0. The minimum Gasteiger partial charge on any atom is -0.207 e. The Labute approximate surface area is 387 Å². The molecule has 2 aliphatic rings. The second-order valence-electron chi connectivity index (χ2n) is 17.2. The quantitative estimate of drug-likeness (QED) is 0.0896. The average molecular weight is 899 g/mol. The molecule has 2 aliphatic heterocycles. The molecule has 0 saturated heterocycles. The van der Waals surface area contributed by atoms with E-state index in [4.69, 9.17) is 0 Å². The first-order chi connectivity index (χ1) is 32.3. The molecule has 6 heteroatoms. The second-order valence-corrected chi connectivity index (χ2v) is 22.4. The summed E-state index contributed by atoms with van der Waals surface area (Å²) in [5.74, 6) is -1.39. The molecule has 8 aromatic carbocycles. The molecule has 0 spiro atoms. The Hall–Kier alpha value is -6.87. The molecule has 8 aromatic rings. The molecule has 2 heterocycles. The lowest BCUT2D eigenvalue weighted by atomic mass is 9.72. The highest BCUT2D eigenvalue weighted by atomic mass is 28.2. The van der Waals surface area contributed by atoms with Crippen LogP contribution < -0.4 is 0 Å². The normalized spacial score (nSPS) is 18.5. The van der Waals surface area contributed by atoms with Gasteiger partial charge in [-0.15, -0.1) is 0 Å². The maximum Gasteiger partial charge on any atom is 0.130 e. The second kappa shape index (κ2) is 17.8. The standard InChI is InChI=1S/C60H46F4Si2/c1-65-57(45-31-15-19-35-49(45)61)53(41-23-7-3-8-24-41)55(43-27-11-5-12-28-43)59(65,47-33-17-21-37-51(47)63)39-40-60(48-34-18-22-38-52(48)64)56(44-29-13-6-14-30-44)54(42-25-9-4-10-26-42)58(66(60)2)46-32-16-20-36-50(46)62/h3-38H,39-40H2,1-2H3. The van der Waals surface area contributed by atoms with Crippen LogP contribution in [0.1, 0.15) is 57.3 Å². The molecule has 0 amide bonds. The van der Waals surface area contributed by atoms with E-state index < -0.39 is 26.9 Å². The minimum atomic E-state index is -2.08. The van der Waals surface area contributed by atoms with E-state index in [0.29, 0.717) is 35.1 Å². The van der Waals surface area contributed by atoms with Gasteiger partial charge in [-0.1, -0.05) is 207 Å². The van der Waals surface area contributed by atoms with E-state index in [9.17, 15) is 0 Å². The van der Waals surface area contributed by atoms with Crippen LogP contribution in [0.3, 0.4) is 0 Å². The number of halogens is 4. The van der Waals surface area contributed by atoms with Crippen LogP contribution in [0.25, 0.3) is 22.3 Å². The van der Waals surface area contributed by atoms with Gasteiger partial charge < -0.3 is 0 Å². The molecule has 2 atom stereocenters. The maximum atomic E-state index is 17.5. The summed E-state index contributed by atoms with van der Waals surface area (Å²) in [6.45, 7) is 4.42. The molecule has 10 rings (SSSR count). The van der Waals surface area contributed by atoms with Crippen molar-refractivity contribution in [2.24, 2.45) is 0 Å². The van der Waals surface area contributed by atoms with Gasteiger partial charge in [-0.25, -0.2) is 17.6 Å². The zero-order valence-corrected chi connectivity index (χ0v) is 38.7. The first-order valence-electron chi connectivity index (χ1n) is 22.4. The summed E-state index contributed by atoms with van der Waals surface area (Å²) >= 11 is 0. The number of allylic oxidation sites excluding steroid dienone is 4. The Morgan fingerprint density at radius 3 is 0.909 bits per heavy atom. The molecule has 66 heavy (non-hydrogen) atoms. The van der Waals surface area contributed by atoms with Crippen LogP contribution in [0.2, 0.25) is 13.1 Å². The predicted molar refractivity (Wildman–Crippen MR) is 269 cm³/mol. The fourth-order valence-corrected chi connectivity index (χ4v) is 18.0. The molecule has 0 fully saturated rings. The van der Waals surface area contributed by atoms with Crippen molar-refractivity contribution in [3.8, 4) is 0 Å². The van der Waals surface area contributed by atoms with Crippen molar-refractivity contribution in [2.45, 2.75) is 36.0 Å². The predicted octanol–water partition coefficient (Wildman–Crippen LogP) is 14.4. The van der Waals surface area contributed by atoms with Crippen LogP contribution in [0.5, 0.6) is 0 Å². The van der Waals surface area contributed by atoms with Gasteiger partial charge in [-0.2, -0.15) is 0 Å². The molecular formula is C60H46F4Si2. The van der Waals surface area contributed by atoms with Crippen LogP contribution in [-0.4, -0.2) is 27.2 Å². The van der Waals surface area contributed by atoms with Crippen molar-refractivity contribution in [1.82, 2.24) is 0 Å². The summed E-state index contributed by atoms with van der Waals surface area (Å²) < 4.78 is 68.4. The van der Waals surface area contributed by atoms with Crippen molar-refractivity contribution in [3.63, 3.8) is 0 Å². The highest BCUT2D eigenvalue weighted by Crippen LogP contribution is 2.58. The minimum absolute atomic E-state index is 0.342. The van der Waals surface area contributed by atoms with Crippen molar-refractivity contribution < 1.29 is 17.6 Å². The summed E-state index contributed by atoms with van der Waals surface area (Å²) in [7, 11) is -4.16. The third-order valence-electron chi connectivity index (χ3n) is 14.0. The Morgan fingerprint density at radius 2 is 0.591 bits per heavy atom. The van der Waals surface area contributed by atoms with Crippen molar-refractivity contribution in [1.29, 1.82) is 0 Å². The van der Waals surface area contributed by atoms with Crippen LogP contribution in [0, 0.1) is 23.3 Å². The lowest BCUT2D eigenvalue weighted by Gasteiger charge is -2.42. The molecule has 322 valence electrons. The Morgan fingerprint density at radius 1 is 0.318 bits per heavy atom. The van der Waals surface area contributed by atoms with Gasteiger partial charge in [0.25, 0.3) is 0 Å². The van der Waals surface area contributed by atoms with Gasteiger partial charge >= 0.3 is 0 Å². The van der Waals surface area contributed by atoms with E-state index in [0.717, 1.165) is 54.9 Å². The van der Waals surface area contributed by atoms with E-state index in [-0.39, 0.29) is 23.3 Å². The Balaban J connectivity index is 1.37. The lowest BCUT2D eigenvalue weighted by Crippen LogP contribution is -2.44. The van der Waals surface area contributed by atoms with Crippen LogP contribution >= 0.6 is 0 Å². The van der Waals surface area contributed by atoms with Gasteiger partial charge in [0.15, 0.2) is 0 Å². The summed E-state index contributed by atoms with van der Waals surface area (Å²) in [5, 5.41) is -0.337. The Kier molecular flexibility index (Phi) is 11.6. The fourth-order valence-electron chi connectivity index (χ4n) is 11.2. The molecule has 0 saturated carbocycles. The fraction of sp³-hybridized carbons (Fsp3) is 0.100. The number of benzene rings is 8. The van der Waals surface area contributed by atoms with Crippen LogP contribution in [-0.2, 0) is 10.1 Å². The zero-order valence-electron chi connectivity index (χ0n) is 36.7. The number of rotatable bonds is 11. The molecule has 0 nitrogen and oxygen atoms in total. The van der Waals surface area contributed by atoms with Crippen molar-refractivity contribution >= 4 is 49.4 Å². The van der Waals surface area contributed by atoms with Crippen molar-refractivity contribution in [3.05, 3.63) is 286 Å². The highest BCUT2D eigenvalue weighted by molar-refractivity contribution is 6.89. The van der Waals surface area contributed by atoms with E-state index in [1.807, 2.05) is 121 Å². The Bertz CT molecular complexity index is 3030.